The lowest BCUT2D eigenvalue weighted by Gasteiger charge is -2.32. The molecule has 2 rings (SSSR count). The Morgan fingerprint density at radius 1 is 1.53 bits per heavy atom. The van der Waals surface area contributed by atoms with Gasteiger partial charge < -0.3 is 14.7 Å². The van der Waals surface area contributed by atoms with Gasteiger partial charge >= 0.3 is 0 Å². The highest BCUT2D eigenvalue weighted by atomic mass is 16.5. The molecule has 0 aliphatic carbocycles. The first kappa shape index (κ1) is 13.9. The number of benzene rings is 1. The van der Waals surface area contributed by atoms with Gasteiger partial charge in [0.15, 0.2) is 0 Å². The lowest BCUT2D eigenvalue weighted by atomic mass is 10.0. The fourth-order valence-electron chi connectivity index (χ4n) is 2.49. The van der Waals surface area contributed by atoms with Crippen molar-refractivity contribution in [1.82, 2.24) is 4.90 Å². The predicted molar refractivity (Wildman–Crippen MR) is 73.4 cm³/mol. The summed E-state index contributed by atoms with van der Waals surface area (Å²) in [7, 11) is 0. The quantitative estimate of drug-likeness (QED) is 0.910. The maximum atomic E-state index is 12.4. The first-order valence-corrected chi connectivity index (χ1v) is 6.82. The van der Waals surface area contributed by atoms with Crippen molar-refractivity contribution in [2.45, 2.75) is 32.8 Å². The van der Waals surface area contributed by atoms with Crippen molar-refractivity contribution in [2.75, 3.05) is 19.7 Å². The zero-order valence-corrected chi connectivity index (χ0v) is 11.6. The van der Waals surface area contributed by atoms with Crippen LogP contribution < -0.4 is 0 Å². The van der Waals surface area contributed by atoms with E-state index in [0.717, 1.165) is 24.9 Å². The zero-order valence-electron chi connectivity index (χ0n) is 11.6. The number of phenolic OH excluding ortho intramolecular Hbond substituents is 1. The van der Waals surface area contributed by atoms with Crippen LogP contribution in [0.1, 0.15) is 35.7 Å². The fourth-order valence-corrected chi connectivity index (χ4v) is 2.49. The van der Waals surface area contributed by atoms with Gasteiger partial charge in [-0.05, 0) is 38.8 Å². The second-order valence-electron chi connectivity index (χ2n) is 4.99. The molecule has 4 heteroatoms. The summed E-state index contributed by atoms with van der Waals surface area (Å²) < 4.78 is 5.60. The van der Waals surface area contributed by atoms with E-state index in [1.54, 1.807) is 23.1 Å². The second-order valence-corrected chi connectivity index (χ2v) is 4.99. The van der Waals surface area contributed by atoms with Crippen LogP contribution in [0.5, 0.6) is 5.75 Å². The van der Waals surface area contributed by atoms with E-state index >= 15 is 0 Å². The molecule has 1 aromatic carbocycles. The standard InChI is InChI=1S/C15H21NO3/c1-3-19-12-5-4-8-16(10-12)15(18)13-9-11(2)6-7-14(13)17/h6-7,9,12,17H,3-5,8,10H2,1-2H3. The summed E-state index contributed by atoms with van der Waals surface area (Å²) >= 11 is 0. The van der Waals surface area contributed by atoms with E-state index in [4.69, 9.17) is 4.74 Å². The van der Waals surface area contributed by atoms with E-state index in [1.807, 2.05) is 13.8 Å². The van der Waals surface area contributed by atoms with Gasteiger partial charge in [-0.25, -0.2) is 0 Å². The molecule has 0 saturated carbocycles. The molecule has 19 heavy (non-hydrogen) atoms. The Labute approximate surface area is 114 Å². The SMILES string of the molecule is CCOC1CCCN(C(=O)c2cc(C)ccc2O)C1. The smallest absolute Gasteiger partial charge is 0.257 e. The third kappa shape index (κ3) is 3.26. The summed E-state index contributed by atoms with van der Waals surface area (Å²) in [5.41, 5.74) is 1.36. The van der Waals surface area contributed by atoms with Crippen molar-refractivity contribution in [3.05, 3.63) is 29.3 Å². The molecule has 104 valence electrons. The molecule has 1 heterocycles. The number of hydrogen-bond donors (Lipinski definition) is 1. The molecule has 1 fully saturated rings. The van der Waals surface area contributed by atoms with Crippen molar-refractivity contribution in [1.29, 1.82) is 0 Å². The van der Waals surface area contributed by atoms with Crippen LogP contribution in [-0.2, 0) is 4.74 Å². The van der Waals surface area contributed by atoms with Crippen LogP contribution >= 0.6 is 0 Å². The van der Waals surface area contributed by atoms with E-state index in [-0.39, 0.29) is 17.8 Å². The predicted octanol–water partition coefficient (Wildman–Crippen LogP) is 2.34. The van der Waals surface area contributed by atoms with Crippen LogP contribution in [0.4, 0.5) is 0 Å². The molecular weight excluding hydrogens is 242 g/mol. The highest BCUT2D eigenvalue weighted by Gasteiger charge is 2.26. The first-order chi connectivity index (χ1) is 9.11. The van der Waals surface area contributed by atoms with Gasteiger partial charge in [0.25, 0.3) is 5.91 Å². The summed E-state index contributed by atoms with van der Waals surface area (Å²) in [5, 5.41) is 9.83. The third-order valence-electron chi connectivity index (χ3n) is 3.45. The fraction of sp³-hybridized carbons (Fsp3) is 0.533. The molecule has 1 aliphatic rings. The largest absolute Gasteiger partial charge is 0.507 e. The van der Waals surface area contributed by atoms with Crippen LogP contribution in [0.25, 0.3) is 0 Å². The summed E-state index contributed by atoms with van der Waals surface area (Å²) in [6, 6.07) is 5.11. The minimum Gasteiger partial charge on any atom is -0.507 e. The normalized spacial score (nSPS) is 19.5. The maximum Gasteiger partial charge on any atom is 0.257 e. The lowest BCUT2D eigenvalue weighted by molar-refractivity contribution is 0.00714. The summed E-state index contributed by atoms with van der Waals surface area (Å²) in [6.07, 6.45) is 2.06. The monoisotopic (exact) mass is 263 g/mol. The molecular formula is C15H21NO3. The number of hydrogen-bond acceptors (Lipinski definition) is 3. The van der Waals surface area contributed by atoms with E-state index < -0.39 is 0 Å². The number of aryl methyl sites for hydroxylation is 1. The molecule has 1 unspecified atom stereocenters. The average molecular weight is 263 g/mol. The molecule has 0 spiro atoms. The average Bonchev–Trinajstić information content (AvgIpc) is 2.41. The zero-order chi connectivity index (χ0) is 13.8. The minimum atomic E-state index is -0.106. The Morgan fingerprint density at radius 3 is 3.05 bits per heavy atom. The number of phenols is 1. The van der Waals surface area contributed by atoms with Crippen molar-refractivity contribution < 1.29 is 14.6 Å². The molecule has 4 nitrogen and oxygen atoms in total. The number of aromatic hydroxyl groups is 1. The lowest BCUT2D eigenvalue weighted by Crippen LogP contribution is -2.43. The summed E-state index contributed by atoms with van der Waals surface area (Å²) in [5.74, 6) is -0.0558. The van der Waals surface area contributed by atoms with Crippen molar-refractivity contribution in [3.8, 4) is 5.75 Å². The molecule has 1 aromatic rings. The topological polar surface area (TPSA) is 49.8 Å². The van der Waals surface area contributed by atoms with Gasteiger partial charge in [-0.2, -0.15) is 0 Å². The van der Waals surface area contributed by atoms with Gasteiger partial charge in [-0.15, -0.1) is 0 Å². The molecule has 1 aliphatic heterocycles. The van der Waals surface area contributed by atoms with Gasteiger partial charge in [-0.3, -0.25) is 4.79 Å². The summed E-state index contributed by atoms with van der Waals surface area (Å²) in [4.78, 5) is 14.2. The van der Waals surface area contributed by atoms with Gasteiger partial charge in [0.05, 0.1) is 11.7 Å². The van der Waals surface area contributed by atoms with E-state index in [9.17, 15) is 9.90 Å². The minimum absolute atomic E-state index is 0.0501. The Balaban J connectivity index is 2.12. The van der Waals surface area contributed by atoms with Crippen LogP contribution in [0.2, 0.25) is 0 Å². The number of rotatable bonds is 3. The first-order valence-electron chi connectivity index (χ1n) is 6.82. The van der Waals surface area contributed by atoms with Gasteiger partial charge in [-0.1, -0.05) is 11.6 Å². The van der Waals surface area contributed by atoms with Crippen molar-refractivity contribution >= 4 is 5.91 Å². The molecule has 1 amide bonds. The van der Waals surface area contributed by atoms with Gasteiger partial charge in [0.1, 0.15) is 5.75 Å². The third-order valence-corrected chi connectivity index (χ3v) is 3.45. The number of nitrogens with zero attached hydrogens (tertiary/aromatic N) is 1. The number of piperidine rings is 1. The molecule has 0 radical (unpaired) electrons. The highest BCUT2D eigenvalue weighted by Crippen LogP contribution is 2.22. The van der Waals surface area contributed by atoms with E-state index in [1.165, 1.54) is 0 Å². The van der Waals surface area contributed by atoms with Crippen molar-refractivity contribution in [3.63, 3.8) is 0 Å². The molecule has 1 saturated heterocycles. The second kappa shape index (κ2) is 6.06. The highest BCUT2D eigenvalue weighted by molar-refractivity contribution is 5.97. The van der Waals surface area contributed by atoms with E-state index in [2.05, 4.69) is 0 Å². The Hall–Kier alpha value is -1.55. The van der Waals surface area contributed by atoms with Crippen molar-refractivity contribution in [2.24, 2.45) is 0 Å². The summed E-state index contributed by atoms with van der Waals surface area (Å²) in [6.45, 7) is 5.89. The number of ether oxygens (including phenoxy) is 1. The number of likely N-dealkylation sites (tertiary alicyclic amines) is 1. The number of carbonyl (C=O) groups excluding carboxylic acids is 1. The van der Waals surface area contributed by atoms with Gasteiger partial charge in [0, 0.05) is 19.7 Å². The Bertz CT molecular complexity index is 457. The van der Waals surface area contributed by atoms with Crippen LogP contribution in [0, 0.1) is 6.92 Å². The number of carbonyl (C=O) groups is 1. The number of amides is 1. The van der Waals surface area contributed by atoms with Crippen LogP contribution in [0.3, 0.4) is 0 Å². The Morgan fingerprint density at radius 2 is 2.32 bits per heavy atom. The van der Waals surface area contributed by atoms with Gasteiger partial charge in [0.2, 0.25) is 0 Å². The molecule has 0 aromatic heterocycles. The molecule has 1 N–H and O–H groups in total. The van der Waals surface area contributed by atoms with Crippen LogP contribution in [0.15, 0.2) is 18.2 Å². The van der Waals surface area contributed by atoms with Crippen LogP contribution in [-0.4, -0.2) is 41.7 Å². The molecule has 1 atom stereocenters. The molecule has 0 bridgehead atoms. The maximum absolute atomic E-state index is 12.4. The van der Waals surface area contributed by atoms with E-state index in [0.29, 0.717) is 18.7 Å². The Kier molecular flexibility index (Phi) is 4.43.